The Morgan fingerprint density at radius 2 is 1.72 bits per heavy atom. The van der Waals surface area contributed by atoms with E-state index in [2.05, 4.69) is 36.4 Å². The van der Waals surface area contributed by atoms with E-state index >= 15 is 0 Å². The summed E-state index contributed by atoms with van der Waals surface area (Å²) in [6, 6.07) is 17.1. The molecule has 0 aromatic heterocycles. The highest BCUT2D eigenvalue weighted by atomic mass is 16.5. The van der Waals surface area contributed by atoms with Crippen LogP contribution in [0.2, 0.25) is 0 Å². The lowest BCUT2D eigenvalue weighted by atomic mass is 9.81. The number of nitrogens with zero attached hydrogens (tertiary/aromatic N) is 1. The molecule has 0 N–H and O–H groups in total. The minimum atomic E-state index is 0.126. The summed E-state index contributed by atoms with van der Waals surface area (Å²) in [6.07, 6.45) is 4.71. The lowest BCUT2D eigenvalue weighted by Gasteiger charge is -2.27. The van der Waals surface area contributed by atoms with Gasteiger partial charge in [-0.3, -0.25) is 4.79 Å². The van der Waals surface area contributed by atoms with Gasteiger partial charge in [0.2, 0.25) is 0 Å². The Bertz CT molecular complexity index is 732. The first-order valence-corrected chi connectivity index (χ1v) is 9.32. The molecule has 3 nitrogen and oxygen atoms in total. The molecule has 1 atom stereocenters. The molecule has 4 rings (SSSR count). The van der Waals surface area contributed by atoms with E-state index in [1.54, 1.807) is 0 Å². The Labute approximate surface area is 149 Å². The van der Waals surface area contributed by atoms with Gasteiger partial charge in [0.1, 0.15) is 0 Å². The number of hydrogen-bond acceptors (Lipinski definition) is 2. The van der Waals surface area contributed by atoms with Crippen molar-refractivity contribution in [1.29, 1.82) is 0 Å². The van der Waals surface area contributed by atoms with Gasteiger partial charge in [-0.05, 0) is 60.4 Å². The first kappa shape index (κ1) is 16.3. The number of carbonyl (C=O) groups excluding carboxylic acids is 1. The van der Waals surface area contributed by atoms with Gasteiger partial charge in [0.05, 0.1) is 13.2 Å². The smallest absolute Gasteiger partial charge is 0.254 e. The fraction of sp³-hybridized carbons (Fsp3) is 0.409. The van der Waals surface area contributed by atoms with Crippen molar-refractivity contribution in [3.8, 4) is 0 Å². The molecule has 25 heavy (non-hydrogen) atoms. The zero-order chi connectivity index (χ0) is 17.1. The molecule has 0 saturated carbocycles. The van der Waals surface area contributed by atoms with Crippen LogP contribution in [0.25, 0.3) is 0 Å². The highest BCUT2D eigenvalue weighted by molar-refractivity contribution is 5.94. The van der Waals surface area contributed by atoms with Crippen LogP contribution in [0.1, 0.15) is 33.5 Å². The minimum Gasteiger partial charge on any atom is -0.378 e. The Balaban J connectivity index is 1.38. The van der Waals surface area contributed by atoms with Gasteiger partial charge in [0, 0.05) is 18.7 Å². The normalized spacial score (nSPS) is 20.2. The SMILES string of the molecule is O=C(c1ccc(C[C@H]2CCc3ccccc3C2)cc1)N1CCOCC1. The van der Waals surface area contributed by atoms with Gasteiger partial charge >= 0.3 is 0 Å². The lowest BCUT2D eigenvalue weighted by Crippen LogP contribution is -2.40. The number of ether oxygens (including phenoxy) is 1. The van der Waals surface area contributed by atoms with E-state index in [4.69, 9.17) is 4.74 Å². The third kappa shape index (κ3) is 3.77. The van der Waals surface area contributed by atoms with Crippen LogP contribution in [0.15, 0.2) is 48.5 Å². The number of hydrogen-bond donors (Lipinski definition) is 0. The largest absolute Gasteiger partial charge is 0.378 e. The van der Waals surface area contributed by atoms with Crippen molar-refractivity contribution in [2.45, 2.75) is 25.7 Å². The number of amides is 1. The van der Waals surface area contributed by atoms with E-state index < -0.39 is 0 Å². The fourth-order valence-corrected chi connectivity index (χ4v) is 4.01. The molecular formula is C22H25NO2. The molecule has 0 spiro atoms. The maximum absolute atomic E-state index is 12.5. The predicted octanol–water partition coefficient (Wildman–Crippen LogP) is 3.51. The van der Waals surface area contributed by atoms with Gasteiger partial charge in [-0.15, -0.1) is 0 Å². The third-order valence-electron chi connectivity index (χ3n) is 5.47. The molecule has 1 amide bonds. The standard InChI is InChI=1S/C22H25NO2/c24-22(23-11-13-25-14-12-23)20-9-5-17(6-10-20)15-18-7-8-19-3-1-2-4-21(19)16-18/h1-6,9-10,18H,7-8,11-16H2/t18-/m1/s1. The van der Waals surface area contributed by atoms with Crippen molar-refractivity contribution >= 4 is 5.91 Å². The maximum Gasteiger partial charge on any atom is 0.254 e. The molecule has 1 aliphatic carbocycles. The summed E-state index contributed by atoms with van der Waals surface area (Å²) in [5.74, 6) is 0.831. The van der Waals surface area contributed by atoms with E-state index in [0.717, 1.165) is 12.0 Å². The van der Waals surface area contributed by atoms with Crippen LogP contribution < -0.4 is 0 Å². The average molecular weight is 335 g/mol. The Kier molecular flexibility index (Phi) is 4.84. The van der Waals surface area contributed by atoms with Gasteiger partial charge in [-0.2, -0.15) is 0 Å². The van der Waals surface area contributed by atoms with E-state index in [1.165, 1.54) is 36.0 Å². The zero-order valence-corrected chi connectivity index (χ0v) is 14.6. The van der Waals surface area contributed by atoms with E-state index in [0.29, 0.717) is 32.2 Å². The summed E-state index contributed by atoms with van der Waals surface area (Å²) in [7, 11) is 0. The molecule has 2 aromatic carbocycles. The van der Waals surface area contributed by atoms with Crippen LogP contribution in [0.4, 0.5) is 0 Å². The topological polar surface area (TPSA) is 29.5 Å². The molecule has 0 bridgehead atoms. The molecule has 0 unspecified atom stereocenters. The minimum absolute atomic E-state index is 0.126. The Morgan fingerprint density at radius 3 is 2.48 bits per heavy atom. The number of rotatable bonds is 3. The van der Waals surface area contributed by atoms with E-state index in [-0.39, 0.29) is 5.91 Å². The lowest BCUT2D eigenvalue weighted by molar-refractivity contribution is 0.0303. The second-order valence-corrected chi connectivity index (χ2v) is 7.18. The summed E-state index contributed by atoms with van der Waals surface area (Å²) in [4.78, 5) is 14.4. The van der Waals surface area contributed by atoms with Crippen molar-refractivity contribution in [1.82, 2.24) is 4.90 Å². The van der Waals surface area contributed by atoms with Crippen LogP contribution in [-0.4, -0.2) is 37.1 Å². The van der Waals surface area contributed by atoms with Crippen molar-refractivity contribution in [3.05, 3.63) is 70.8 Å². The summed E-state index contributed by atoms with van der Waals surface area (Å²) in [6.45, 7) is 2.68. The fourth-order valence-electron chi connectivity index (χ4n) is 4.01. The number of fused-ring (bicyclic) bond motifs is 1. The van der Waals surface area contributed by atoms with Crippen LogP contribution in [0.5, 0.6) is 0 Å². The van der Waals surface area contributed by atoms with Gasteiger partial charge in [-0.1, -0.05) is 36.4 Å². The third-order valence-corrected chi connectivity index (χ3v) is 5.47. The molecule has 3 heteroatoms. The quantitative estimate of drug-likeness (QED) is 0.859. The Hall–Kier alpha value is -2.13. The Morgan fingerprint density at radius 1 is 1.00 bits per heavy atom. The second kappa shape index (κ2) is 7.40. The summed E-state index contributed by atoms with van der Waals surface area (Å²) < 4.78 is 5.32. The first-order valence-electron chi connectivity index (χ1n) is 9.32. The average Bonchev–Trinajstić information content (AvgIpc) is 2.69. The highest BCUT2D eigenvalue weighted by Crippen LogP contribution is 2.28. The van der Waals surface area contributed by atoms with Crippen LogP contribution in [0.3, 0.4) is 0 Å². The molecule has 1 heterocycles. The second-order valence-electron chi connectivity index (χ2n) is 7.18. The number of morpholine rings is 1. The first-order chi connectivity index (χ1) is 12.3. The van der Waals surface area contributed by atoms with Crippen molar-refractivity contribution in [2.24, 2.45) is 5.92 Å². The van der Waals surface area contributed by atoms with Crippen LogP contribution >= 0.6 is 0 Å². The monoisotopic (exact) mass is 335 g/mol. The molecule has 1 aliphatic heterocycles. The highest BCUT2D eigenvalue weighted by Gasteiger charge is 2.20. The van der Waals surface area contributed by atoms with Crippen molar-refractivity contribution < 1.29 is 9.53 Å². The van der Waals surface area contributed by atoms with Crippen LogP contribution in [0, 0.1) is 5.92 Å². The molecular weight excluding hydrogens is 310 g/mol. The molecule has 1 saturated heterocycles. The summed E-state index contributed by atoms with van der Waals surface area (Å²) >= 11 is 0. The van der Waals surface area contributed by atoms with Gasteiger partial charge in [-0.25, -0.2) is 0 Å². The summed E-state index contributed by atoms with van der Waals surface area (Å²) in [5, 5.41) is 0. The molecule has 2 aromatic rings. The van der Waals surface area contributed by atoms with E-state index in [1.807, 2.05) is 17.0 Å². The number of aryl methyl sites for hydroxylation is 1. The van der Waals surface area contributed by atoms with Gasteiger partial charge in [0.25, 0.3) is 5.91 Å². The molecule has 1 fully saturated rings. The molecule has 0 radical (unpaired) electrons. The van der Waals surface area contributed by atoms with E-state index in [9.17, 15) is 4.79 Å². The van der Waals surface area contributed by atoms with Crippen molar-refractivity contribution in [3.63, 3.8) is 0 Å². The number of carbonyl (C=O) groups is 1. The number of benzene rings is 2. The van der Waals surface area contributed by atoms with Gasteiger partial charge in [0.15, 0.2) is 0 Å². The summed E-state index contributed by atoms with van der Waals surface area (Å²) in [5.41, 5.74) is 5.16. The van der Waals surface area contributed by atoms with Crippen LogP contribution in [-0.2, 0) is 24.0 Å². The molecule has 130 valence electrons. The van der Waals surface area contributed by atoms with Gasteiger partial charge < -0.3 is 9.64 Å². The predicted molar refractivity (Wildman–Crippen MR) is 98.8 cm³/mol. The van der Waals surface area contributed by atoms with Crippen molar-refractivity contribution in [2.75, 3.05) is 26.3 Å². The molecule has 2 aliphatic rings. The maximum atomic E-state index is 12.5. The zero-order valence-electron chi connectivity index (χ0n) is 14.6.